The van der Waals surface area contributed by atoms with E-state index in [0.29, 0.717) is 0 Å². The molecule has 1 heteroatoms. The molecule has 10 aromatic rings. The minimum atomic E-state index is 1.17. The van der Waals surface area contributed by atoms with Crippen LogP contribution in [0.4, 0.5) is 0 Å². The fourth-order valence-corrected chi connectivity index (χ4v) is 8.67. The third-order valence-electron chi connectivity index (χ3n) is 11.7. The molecule has 0 spiro atoms. The summed E-state index contributed by atoms with van der Waals surface area (Å²) in [6.45, 7) is 12.6. The number of nitrogens with zero attached hydrogens (tertiary/aromatic N) is 1. The largest absolute Gasteiger partial charge is 0.308 e. The molecule has 9 aromatic carbocycles. The van der Waals surface area contributed by atoms with E-state index in [9.17, 15) is 0 Å². The lowest BCUT2D eigenvalue weighted by Gasteiger charge is -2.14. The Balaban J connectivity index is 0.000000308. The molecule has 0 saturated carbocycles. The summed E-state index contributed by atoms with van der Waals surface area (Å²) in [6, 6.07) is 69.8. The second-order valence-corrected chi connectivity index (χ2v) is 15.8. The summed E-state index contributed by atoms with van der Waals surface area (Å²) >= 11 is 0. The van der Waals surface area contributed by atoms with Gasteiger partial charge in [0.1, 0.15) is 0 Å². The summed E-state index contributed by atoms with van der Waals surface area (Å²) in [5.74, 6) is 0. The third-order valence-corrected chi connectivity index (χ3v) is 11.7. The van der Waals surface area contributed by atoms with Crippen LogP contribution in [-0.4, -0.2) is 4.57 Å². The van der Waals surface area contributed by atoms with E-state index in [-0.39, 0.29) is 0 Å². The summed E-state index contributed by atoms with van der Waals surface area (Å²) in [6.07, 6.45) is 11.0. The molecule has 0 atom stereocenters. The van der Waals surface area contributed by atoms with Crippen molar-refractivity contribution in [3.05, 3.63) is 246 Å². The van der Waals surface area contributed by atoms with Crippen molar-refractivity contribution in [2.24, 2.45) is 0 Å². The van der Waals surface area contributed by atoms with Gasteiger partial charge in [0.15, 0.2) is 0 Å². The lowest BCUT2D eigenvalue weighted by molar-refractivity contribution is 1.19. The van der Waals surface area contributed by atoms with Crippen LogP contribution in [0.1, 0.15) is 48.6 Å². The zero-order chi connectivity index (χ0) is 43.7. The fraction of sp³-hybridized carbons (Fsp3) is 0.0968. The lowest BCUT2D eigenvalue weighted by atomic mass is 9.93. The van der Waals surface area contributed by atoms with Crippen molar-refractivity contribution in [3.63, 3.8) is 0 Å². The Hall–Kier alpha value is -7.48. The van der Waals surface area contributed by atoms with Crippen molar-refractivity contribution in [1.82, 2.24) is 4.57 Å². The second-order valence-electron chi connectivity index (χ2n) is 15.8. The average Bonchev–Trinajstić information content (AvgIpc) is 3.68. The molecule has 0 unspecified atom stereocenters. The first-order valence-corrected chi connectivity index (χ1v) is 22.2. The molecule has 0 amide bonds. The number of fused-ring (bicyclic) bond motifs is 7. The van der Waals surface area contributed by atoms with E-state index in [2.05, 4.69) is 251 Å². The van der Waals surface area contributed by atoms with Gasteiger partial charge in [-0.05, 0) is 107 Å². The first-order chi connectivity index (χ1) is 31.0. The van der Waals surface area contributed by atoms with Crippen molar-refractivity contribution in [2.45, 2.75) is 41.5 Å². The van der Waals surface area contributed by atoms with Gasteiger partial charge < -0.3 is 4.57 Å². The number of aromatic nitrogens is 1. The van der Waals surface area contributed by atoms with Crippen LogP contribution < -0.4 is 0 Å². The highest BCUT2D eigenvalue weighted by molar-refractivity contribution is 6.25. The Morgan fingerprint density at radius 1 is 0.460 bits per heavy atom. The Bertz CT molecular complexity index is 3250. The maximum Gasteiger partial charge on any atom is 0.0620 e. The van der Waals surface area contributed by atoms with Gasteiger partial charge in [0.25, 0.3) is 0 Å². The van der Waals surface area contributed by atoms with Gasteiger partial charge >= 0.3 is 0 Å². The molecule has 0 saturated heterocycles. The number of allylic oxidation sites excluding steroid dienone is 5. The monoisotopic (exact) mass is 813 g/mol. The molecule has 0 bridgehead atoms. The van der Waals surface area contributed by atoms with Crippen LogP contribution in [0, 0.1) is 20.8 Å². The maximum atomic E-state index is 2.48. The summed E-state index contributed by atoms with van der Waals surface area (Å²) in [5.41, 5.74) is 16.3. The standard InChI is InChI=1S/C47H37N.C13H12.C2H6/c1-4-5-16-36(26-24-34-25-28-39(33(3)30-34)38-20-11-9-15-32(38)2)44-31-45-43-29-27-35-17-10-12-21-40(35)46(43)48(37-18-7-6-8-19-37)47(45)42-23-14-13-22-41(42)44;1-11-7-9-13(10-8-11)12-5-3-2-4-6-12;1-2/h4-31H,1-3H3;2-10H,1H3;1-2H3/b5-4+,26-24-,36-16+;;. The van der Waals surface area contributed by atoms with Gasteiger partial charge in [0.05, 0.1) is 11.0 Å². The predicted molar refractivity (Wildman–Crippen MR) is 277 cm³/mol. The van der Waals surface area contributed by atoms with Gasteiger partial charge in [-0.1, -0.05) is 226 Å². The van der Waals surface area contributed by atoms with Crippen molar-refractivity contribution < 1.29 is 0 Å². The fourth-order valence-electron chi connectivity index (χ4n) is 8.67. The van der Waals surface area contributed by atoms with Gasteiger partial charge in [-0.3, -0.25) is 0 Å². The number of aryl methyl sites for hydroxylation is 3. The van der Waals surface area contributed by atoms with Gasteiger partial charge in [-0.25, -0.2) is 0 Å². The smallest absolute Gasteiger partial charge is 0.0620 e. The van der Waals surface area contributed by atoms with Crippen LogP contribution in [0.25, 0.3) is 82.9 Å². The third kappa shape index (κ3) is 8.83. The molecule has 0 aliphatic heterocycles. The Labute approximate surface area is 373 Å². The van der Waals surface area contributed by atoms with E-state index >= 15 is 0 Å². The van der Waals surface area contributed by atoms with Crippen LogP contribution in [0.15, 0.2) is 218 Å². The molecule has 0 aliphatic carbocycles. The maximum absolute atomic E-state index is 2.48. The summed E-state index contributed by atoms with van der Waals surface area (Å²) < 4.78 is 2.48. The van der Waals surface area contributed by atoms with E-state index in [1.54, 1.807) is 0 Å². The lowest BCUT2D eigenvalue weighted by Crippen LogP contribution is -1.95. The minimum absolute atomic E-state index is 1.17. The van der Waals surface area contributed by atoms with Crippen LogP contribution in [-0.2, 0) is 0 Å². The molecular weight excluding hydrogens is 759 g/mol. The molecule has 63 heavy (non-hydrogen) atoms. The van der Waals surface area contributed by atoms with Crippen molar-refractivity contribution in [2.75, 3.05) is 0 Å². The van der Waals surface area contributed by atoms with E-state index in [1.807, 2.05) is 19.9 Å². The van der Waals surface area contributed by atoms with Gasteiger partial charge in [-0.2, -0.15) is 0 Å². The van der Waals surface area contributed by atoms with E-state index < -0.39 is 0 Å². The molecule has 1 nitrogen and oxygen atoms in total. The number of para-hydroxylation sites is 1. The van der Waals surface area contributed by atoms with E-state index in [0.717, 1.165) is 0 Å². The highest BCUT2D eigenvalue weighted by Gasteiger charge is 2.20. The molecular formula is C62H55N. The van der Waals surface area contributed by atoms with Crippen LogP contribution >= 0.6 is 0 Å². The average molecular weight is 814 g/mol. The molecule has 1 heterocycles. The van der Waals surface area contributed by atoms with Gasteiger partial charge in [0.2, 0.25) is 0 Å². The molecule has 1 aromatic heterocycles. The Kier molecular flexibility index (Phi) is 13.1. The van der Waals surface area contributed by atoms with Crippen LogP contribution in [0.2, 0.25) is 0 Å². The highest BCUT2D eigenvalue weighted by Crippen LogP contribution is 2.42. The molecule has 10 rings (SSSR count). The number of hydrogen-bond acceptors (Lipinski definition) is 0. The van der Waals surface area contributed by atoms with E-state index in [1.165, 1.54) is 105 Å². The minimum Gasteiger partial charge on any atom is -0.308 e. The van der Waals surface area contributed by atoms with Crippen molar-refractivity contribution in [3.8, 4) is 27.9 Å². The highest BCUT2D eigenvalue weighted by atomic mass is 15.0. The van der Waals surface area contributed by atoms with Crippen LogP contribution in [0.3, 0.4) is 0 Å². The second kappa shape index (κ2) is 19.5. The molecule has 0 aliphatic rings. The SMILES string of the molecule is C/C=C/C=C(\C=C/c1ccc(-c2ccccc2C)c(C)c1)c1cc2c3ccc4ccccc4c3n(-c3ccccc3)c2c2ccccc12.CC.Cc1ccc(-c2ccccc2)cc1. The quantitative estimate of drug-likeness (QED) is 0.141. The van der Waals surface area contributed by atoms with Gasteiger partial charge in [-0.15, -0.1) is 0 Å². The molecule has 0 N–H and O–H groups in total. The zero-order valence-electron chi connectivity index (χ0n) is 37.3. The summed E-state index contributed by atoms with van der Waals surface area (Å²) in [4.78, 5) is 0. The van der Waals surface area contributed by atoms with Crippen LogP contribution in [0.5, 0.6) is 0 Å². The van der Waals surface area contributed by atoms with Crippen molar-refractivity contribution >= 4 is 55.0 Å². The summed E-state index contributed by atoms with van der Waals surface area (Å²) in [7, 11) is 0. The van der Waals surface area contributed by atoms with Gasteiger partial charge in [0, 0.05) is 27.2 Å². The topological polar surface area (TPSA) is 4.93 Å². The predicted octanol–water partition coefficient (Wildman–Crippen LogP) is 17.7. The van der Waals surface area contributed by atoms with E-state index in [4.69, 9.17) is 0 Å². The normalized spacial score (nSPS) is 11.6. The molecule has 308 valence electrons. The Morgan fingerprint density at radius 3 is 1.76 bits per heavy atom. The molecule has 0 radical (unpaired) electrons. The molecule has 0 fully saturated rings. The number of benzene rings is 9. The van der Waals surface area contributed by atoms with Crippen molar-refractivity contribution in [1.29, 1.82) is 0 Å². The summed E-state index contributed by atoms with van der Waals surface area (Å²) in [5, 5.41) is 7.50. The first kappa shape index (κ1) is 42.2. The number of rotatable bonds is 7. The first-order valence-electron chi connectivity index (χ1n) is 22.2. The Morgan fingerprint density at radius 2 is 1.05 bits per heavy atom. The number of hydrogen-bond donors (Lipinski definition) is 0. The zero-order valence-corrected chi connectivity index (χ0v) is 37.3.